The van der Waals surface area contributed by atoms with Gasteiger partial charge in [0.15, 0.2) is 0 Å². The van der Waals surface area contributed by atoms with E-state index in [0.717, 1.165) is 34.9 Å². The highest BCUT2D eigenvalue weighted by molar-refractivity contribution is 7.87. The van der Waals surface area contributed by atoms with Crippen molar-refractivity contribution in [1.82, 2.24) is 14.3 Å². The molecular weight excluding hydrogens is 322 g/mol. The summed E-state index contributed by atoms with van der Waals surface area (Å²) in [6.07, 6.45) is 4.68. The average molecular weight is 343 g/mol. The Morgan fingerprint density at radius 3 is 2.77 bits per heavy atom. The van der Waals surface area contributed by atoms with Gasteiger partial charge in [0.05, 0.1) is 6.04 Å². The first-order chi connectivity index (χ1) is 10.5. The van der Waals surface area contributed by atoms with E-state index in [1.807, 2.05) is 17.5 Å². The van der Waals surface area contributed by atoms with Crippen LogP contribution in [0.15, 0.2) is 17.5 Å². The summed E-state index contributed by atoms with van der Waals surface area (Å²) in [5.41, 5.74) is 0. The number of hydrogen-bond donors (Lipinski definition) is 2. The fraction of sp³-hybridized carbons (Fsp3) is 0.643. The molecule has 1 amide bonds. The van der Waals surface area contributed by atoms with E-state index in [4.69, 9.17) is 0 Å². The number of carbonyl (C=O) groups is 1. The van der Waals surface area contributed by atoms with Crippen molar-refractivity contribution in [2.75, 3.05) is 7.05 Å². The van der Waals surface area contributed by atoms with Crippen molar-refractivity contribution in [3.05, 3.63) is 22.4 Å². The van der Waals surface area contributed by atoms with Crippen LogP contribution < -0.4 is 10.0 Å². The molecule has 2 fully saturated rings. The van der Waals surface area contributed by atoms with Crippen molar-refractivity contribution in [1.29, 1.82) is 0 Å². The van der Waals surface area contributed by atoms with Crippen LogP contribution in [0.1, 0.15) is 43.0 Å². The lowest BCUT2D eigenvalue weighted by Gasteiger charge is -2.36. The molecular formula is C14H21N3O3S2. The van der Waals surface area contributed by atoms with Crippen molar-refractivity contribution >= 4 is 27.5 Å². The van der Waals surface area contributed by atoms with E-state index in [-0.39, 0.29) is 18.0 Å². The second-order valence-electron chi connectivity index (χ2n) is 5.95. The van der Waals surface area contributed by atoms with E-state index in [0.29, 0.717) is 6.42 Å². The first-order valence-corrected chi connectivity index (χ1v) is 9.88. The minimum absolute atomic E-state index is 0.180. The molecule has 1 saturated carbocycles. The number of rotatable bonds is 3. The van der Waals surface area contributed by atoms with Crippen molar-refractivity contribution in [3.63, 3.8) is 0 Å². The molecule has 0 bridgehead atoms. The second-order valence-corrected chi connectivity index (χ2v) is 8.69. The number of amides is 1. The van der Waals surface area contributed by atoms with E-state index in [1.54, 1.807) is 0 Å². The molecule has 122 valence electrons. The Morgan fingerprint density at radius 2 is 2.14 bits per heavy atom. The molecule has 1 aromatic heterocycles. The molecule has 8 heteroatoms. The molecule has 2 N–H and O–H groups in total. The molecule has 2 unspecified atom stereocenters. The van der Waals surface area contributed by atoms with Crippen LogP contribution >= 0.6 is 11.3 Å². The van der Waals surface area contributed by atoms with E-state index in [1.165, 1.54) is 18.4 Å². The van der Waals surface area contributed by atoms with E-state index < -0.39 is 16.3 Å². The lowest BCUT2D eigenvalue weighted by atomic mass is 10.0. The van der Waals surface area contributed by atoms with Crippen molar-refractivity contribution < 1.29 is 13.2 Å². The van der Waals surface area contributed by atoms with Gasteiger partial charge in [-0.25, -0.2) is 0 Å². The number of nitrogens with zero attached hydrogens (tertiary/aromatic N) is 1. The molecule has 1 saturated heterocycles. The molecule has 2 heterocycles. The van der Waals surface area contributed by atoms with Gasteiger partial charge in [-0.05, 0) is 30.7 Å². The Balaban J connectivity index is 1.77. The SMILES string of the molecule is CN1C(C(=O)NC2CCCC2)CC(c2cccs2)NS1(=O)=O. The number of nitrogens with one attached hydrogen (secondary N) is 2. The van der Waals surface area contributed by atoms with Crippen LogP contribution in [0, 0.1) is 0 Å². The molecule has 1 aromatic rings. The fourth-order valence-corrected chi connectivity index (χ4v) is 5.28. The molecule has 1 aliphatic carbocycles. The lowest BCUT2D eigenvalue weighted by molar-refractivity contribution is -0.125. The van der Waals surface area contributed by atoms with Gasteiger partial charge in [-0.1, -0.05) is 18.9 Å². The molecule has 6 nitrogen and oxygen atoms in total. The highest BCUT2D eigenvalue weighted by Crippen LogP contribution is 2.30. The fourth-order valence-electron chi connectivity index (χ4n) is 3.15. The lowest BCUT2D eigenvalue weighted by Crippen LogP contribution is -2.57. The van der Waals surface area contributed by atoms with Crippen LogP contribution in [0.4, 0.5) is 0 Å². The Morgan fingerprint density at radius 1 is 1.41 bits per heavy atom. The average Bonchev–Trinajstić information content (AvgIpc) is 3.14. The minimum atomic E-state index is -3.64. The minimum Gasteiger partial charge on any atom is -0.352 e. The number of carbonyl (C=O) groups excluding carboxylic acids is 1. The second kappa shape index (κ2) is 6.27. The zero-order chi connectivity index (χ0) is 15.7. The summed E-state index contributed by atoms with van der Waals surface area (Å²) < 4.78 is 28.4. The summed E-state index contributed by atoms with van der Waals surface area (Å²) in [5, 5.41) is 4.93. The largest absolute Gasteiger partial charge is 0.352 e. The van der Waals surface area contributed by atoms with Gasteiger partial charge in [-0.3, -0.25) is 4.79 Å². The van der Waals surface area contributed by atoms with E-state index >= 15 is 0 Å². The zero-order valence-electron chi connectivity index (χ0n) is 12.5. The van der Waals surface area contributed by atoms with Gasteiger partial charge in [-0.15, -0.1) is 11.3 Å². The van der Waals surface area contributed by atoms with Crippen molar-refractivity contribution in [2.24, 2.45) is 0 Å². The predicted octanol–water partition coefficient (Wildman–Crippen LogP) is 1.39. The van der Waals surface area contributed by atoms with Crippen molar-refractivity contribution in [3.8, 4) is 0 Å². The molecule has 2 atom stereocenters. The molecule has 22 heavy (non-hydrogen) atoms. The zero-order valence-corrected chi connectivity index (χ0v) is 14.1. The number of hydrogen-bond acceptors (Lipinski definition) is 4. The van der Waals surface area contributed by atoms with E-state index in [9.17, 15) is 13.2 Å². The van der Waals surface area contributed by atoms with Crippen LogP contribution in [0.2, 0.25) is 0 Å². The highest BCUT2D eigenvalue weighted by atomic mass is 32.2. The molecule has 1 aliphatic heterocycles. The van der Waals surface area contributed by atoms with Crippen LogP contribution in [0.3, 0.4) is 0 Å². The monoisotopic (exact) mass is 343 g/mol. The topological polar surface area (TPSA) is 78.5 Å². The Labute approximate surface area is 135 Å². The first kappa shape index (κ1) is 15.9. The normalized spacial score (nSPS) is 29.5. The third-order valence-electron chi connectivity index (χ3n) is 4.46. The molecule has 0 aromatic carbocycles. The first-order valence-electron chi connectivity index (χ1n) is 7.56. The van der Waals surface area contributed by atoms with Crippen LogP contribution in [-0.2, 0) is 15.0 Å². The van der Waals surface area contributed by atoms with Gasteiger partial charge in [0.2, 0.25) is 5.91 Å². The van der Waals surface area contributed by atoms with Gasteiger partial charge in [-0.2, -0.15) is 17.4 Å². The number of thiophene rings is 1. The quantitative estimate of drug-likeness (QED) is 0.870. The third kappa shape index (κ3) is 3.19. The summed E-state index contributed by atoms with van der Waals surface area (Å²) in [6, 6.07) is 2.99. The molecule has 0 radical (unpaired) electrons. The maximum atomic E-state index is 12.5. The maximum Gasteiger partial charge on any atom is 0.280 e. The predicted molar refractivity (Wildman–Crippen MR) is 85.7 cm³/mol. The molecule has 3 rings (SSSR count). The Kier molecular flexibility index (Phi) is 4.54. The van der Waals surface area contributed by atoms with Gasteiger partial charge in [0, 0.05) is 18.0 Å². The summed E-state index contributed by atoms with van der Waals surface area (Å²) >= 11 is 1.50. The smallest absolute Gasteiger partial charge is 0.280 e. The van der Waals surface area contributed by atoms with E-state index in [2.05, 4.69) is 10.0 Å². The summed E-state index contributed by atoms with van der Waals surface area (Å²) in [7, 11) is -2.17. The van der Waals surface area contributed by atoms with Gasteiger partial charge in [0.25, 0.3) is 10.2 Å². The maximum absolute atomic E-state index is 12.5. The van der Waals surface area contributed by atoms with Gasteiger partial charge in [0.1, 0.15) is 6.04 Å². The van der Waals surface area contributed by atoms with Crippen LogP contribution in [0.25, 0.3) is 0 Å². The summed E-state index contributed by atoms with van der Waals surface area (Å²) in [6.45, 7) is 0. The third-order valence-corrected chi connectivity index (χ3v) is 7.04. The van der Waals surface area contributed by atoms with Crippen LogP contribution in [0.5, 0.6) is 0 Å². The van der Waals surface area contributed by atoms with Crippen molar-refractivity contribution in [2.45, 2.75) is 50.2 Å². The standard InChI is InChI=1S/C14H21N3O3S2/c1-17-12(14(18)15-10-5-2-3-6-10)9-11(16-22(17,19)20)13-7-4-8-21-13/h4,7-8,10-12,16H,2-3,5-6,9H2,1H3,(H,15,18). The summed E-state index contributed by atoms with van der Waals surface area (Å²) in [4.78, 5) is 13.5. The Hall–Kier alpha value is -0.960. The molecule has 0 spiro atoms. The van der Waals surface area contributed by atoms with Crippen LogP contribution in [-0.4, -0.2) is 37.8 Å². The molecule has 2 aliphatic rings. The number of likely N-dealkylation sites (N-methyl/N-ethyl adjacent to an activating group) is 1. The van der Waals surface area contributed by atoms with Gasteiger partial charge >= 0.3 is 0 Å². The highest BCUT2D eigenvalue weighted by Gasteiger charge is 2.41. The summed E-state index contributed by atoms with van der Waals surface area (Å²) in [5.74, 6) is -0.180. The Bertz CT molecular complexity index is 624. The van der Waals surface area contributed by atoms with Gasteiger partial charge < -0.3 is 5.32 Å².